The number of hydrogen-bond donors (Lipinski definition) is 1. The lowest BCUT2D eigenvalue weighted by atomic mass is 10.1. The van der Waals surface area contributed by atoms with Gasteiger partial charge in [-0.3, -0.25) is 9.59 Å². The molecule has 0 radical (unpaired) electrons. The molecule has 1 atom stereocenters. The van der Waals surface area contributed by atoms with Crippen molar-refractivity contribution in [1.82, 2.24) is 10.2 Å². The van der Waals surface area contributed by atoms with Gasteiger partial charge in [-0.25, -0.2) is 0 Å². The number of rotatable bonds is 8. The molecule has 0 aromatic heterocycles. The first kappa shape index (κ1) is 26.0. The Morgan fingerprint density at radius 1 is 1.06 bits per heavy atom. The fourth-order valence-corrected chi connectivity index (χ4v) is 4.44. The van der Waals surface area contributed by atoms with E-state index in [1.54, 1.807) is 17.0 Å². The van der Waals surface area contributed by atoms with Crippen LogP contribution in [0.3, 0.4) is 0 Å². The zero-order chi connectivity index (χ0) is 24.9. The van der Waals surface area contributed by atoms with Crippen molar-refractivity contribution in [3.63, 3.8) is 0 Å². The number of hydrogen-bond acceptors (Lipinski definition) is 3. The third kappa shape index (κ3) is 6.73. The molecule has 2 amide bonds. The van der Waals surface area contributed by atoms with E-state index in [4.69, 9.17) is 16.3 Å². The Morgan fingerprint density at radius 2 is 1.74 bits per heavy atom. The topological polar surface area (TPSA) is 58.6 Å². The molecule has 0 bridgehead atoms. The second-order valence-corrected chi connectivity index (χ2v) is 10.4. The first-order valence-corrected chi connectivity index (χ1v) is 12.4. The van der Waals surface area contributed by atoms with E-state index in [1.807, 2.05) is 76.2 Å². The fourth-order valence-electron chi connectivity index (χ4n) is 3.71. The number of ether oxygens (including phenoxy) is 1. The molecular weight excluding hydrogens is 516 g/mol. The van der Waals surface area contributed by atoms with Crippen LogP contribution in [0.5, 0.6) is 5.75 Å². The van der Waals surface area contributed by atoms with Crippen LogP contribution in [0.1, 0.15) is 39.7 Å². The predicted molar refractivity (Wildman–Crippen MR) is 141 cm³/mol. The Bertz CT molecular complexity index is 1160. The zero-order valence-corrected chi connectivity index (χ0v) is 22.2. The third-order valence-corrected chi connectivity index (χ3v) is 6.40. The number of carbonyl (C=O) groups is 2. The number of nitrogens with one attached hydrogen (secondary N) is 1. The molecule has 0 saturated heterocycles. The van der Waals surface area contributed by atoms with E-state index in [0.29, 0.717) is 17.2 Å². The summed E-state index contributed by atoms with van der Waals surface area (Å²) in [4.78, 5) is 28.1. The van der Waals surface area contributed by atoms with Crippen LogP contribution in [-0.2, 0) is 16.1 Å². The van der Waals surface area contributed by atoms with Crippen molar-refractivity contribution in [3.8, 4) is 5.75 Å². The van der Waals surface area contributed by atoms with Crippen molar-refractivity contribution < 1.29 is 14.3 Å². The van der Waals surface area contributed by atoms with Gasteiger partial charge in [0.1, 0.15) is 11.8 Å². The second-order valence-electron chi connectivity index (χ2n) is 9.20. The van der Waals surface area contributed by atoms with E-state index in [0.717, 1.165) is 20.8 Å². The van der Waals surface area contributed by atoms with Crippen molar-refractivity contribution in [2.24, 2.45) is 0 Å². The maximum atomic E-state index is 13.4. The maximum Gasteiger partial charge on any atom is 0.261 e. The normalized spacial score (nSPS) is 12.3. The van der Waals surface area contributed by atoms with Crippen LogP contribution in [0.4, 0.5) is 0 Å². The third-order valence-electron chi connectivity index (χ3n) is 5.33. The molecule has 0 heterocycles. The van der Waals surface area contributed by atoms with Crippen molar-refractivity contribution in [3.05, 3.63) is 75.7 Å². The highest BCUT2D eigenvalue weighted by Crippen LogP contribution is 2.33. The predicted octanol–water partition coefficient (Wildman–Crippen LogP) is 6.36. The molecule has 5 nitrogen and oxygen atoms in total. The minimum atomic E-state index is -0.633. The Morgan fingerprint density at radius 3 is 2.38 bits per heavy atom. The molecule has 0 unspecified atom stereocenters. The molecule has 0 aliphatic carbocycles. The monoisotopic (exact) mass is 544 g/mol. The number of benzene rings is 3. The first-order valence-electron chi connectivity index (χ1n) is 11.2. The van der Waals surface area contributed by atoms with Crippen LogP contribution in [-0.4, -0.2) is 34.9 Å². The van der Waals surface area contributed by atoms with Crippen LogP contribution in [0, 0.1) is 0 Å². The van der Waals surface area contributed by atoms with Crippen LogP contribution in [0.25, 0.3) is 10.8 Å². The Labute approximate surface area is 214 Å². The average molecular weight is 546 g/mol. The van der Waals surface area contributed by atoms with Crippen molar-refractivity contribution in [1.29, 1.82) is 0 Å². The van der Waals surface area contributed by atoms with Gasteiger partial charge in [-0.2, -0.15) is 0 Å². The summed E-state index contributed by atoms with van der Waals surface area (Å²) in [6.07, 6.45) is 0.473. The van der Waals surface area contributed by atoms with E-state index in [2.05, 4.69) is 21.2 Å². The lowest BCUT2D eigenvalue weighted by molar-refractivity contribution is -0.143. The van der Waals surface area contributed by atoms with Crippen LogP contribution in [0.15, 0.2) is 65.1 Å². The minimum Gasteiger partial charge on any atom is -0.483 e. The Balaban J connectivity index is 1.84. The van der Waals surface area contributed by atoms with Gasteiger partial charge in [0.15, 0.2) is 6.61 Å². The Hall–Kier alpha value is -2.57. The van der Waals surface area contributed by atoms with E-state index < -0.39 is 11.6 Å². The van der Waals surface area contributed by atoms with Gasteiger partial charge in [-0.05, 0) is 77.7 Å². The summed E-state index contributed by atoms with van der Waals surface area (Å²) < 4.78 is 6.72. The SMILES string of the molecule is CC[C@@H](C(=O)NC(C)(C)C)N(Cc1ccc(Cl)cc1)C(=O)COc1ccc2ccccc2c1Br. The summed E-state index contributed by atoms with van der Waals surface area (Å²) in [5, 5.41) is 5.69. The molecule has 1 N–H and O–H groups in total. The number of fused-ring (bicyclic) bond motifs is 1. The number of halogens is 2. The highest BCUT2D eigenvalue weighted by molar-refractivity contribution is 9.10. The van der Waals surface area contributed by atoms with E-state index >= 15 is 0 Å². The summed E-state index contributed by atoms with van der Waals surface area (Å²) in [7, 11) is 0. The van der Waals surface area contributed by atoms with Crippen molar-refractivity contribution in [2.75, 3.05) is 6.61 Å². The van der Waals surface area contributed by atoms with Gasteiger partial charge in [-0.1, -0.05) is 61.0 Å². The van der Waals surface area contributed by atoms with Gasteiger partial charge >= 0.3 is 0 Å². The van der Waals surface area contributed by atoms with Gasteiger partial charge in [0.25, 0.3) is 5.91 Å². The van der Waals surface area contributed by atoms with Gasteiger partial charge in [-0.15, -0.1) is 0 Å². The summed E-state index contributed by atoms with van der Waals surface area (Å²) in [5.41, 5.74) is 0.470. The van der Waals surface area contributed by atoms with Gasteiger partial charge in [0.05, 0.1) is 4.47 Å². The van der Waals surface area contributed by atoms with E-state index in [9.17, 15) is 9.59 Å². The molecule has 0 aliphatic heterocycles. The second kappa shape index (κ2) is 11.2. The molecule has 0 spiro atoms. The zero-order valence-electron chi connectivity index (χ0n) is 19.9. The van der Waals surface area contributed by atoms with Crippen molar-refractivity contribution in [2.45, 2.75) is 52.2 Å². The molecule has 3 aromatic rings. The highest BCUT2D eigenvalue weighted by atomic mass is 79.9. The summed E-state index contributed by atoms with van der Waals surface area (Å²) in [5.74, 6) is 0.112. The molecule has 3 aromatic carbocycles. The standard InChI is InChI=1S/C27H30BrClN2O3/c1-5-22(26(33)30-27(2,3)4)31(16-18-10-13-20(29)14-11-18)24(32)17-34-23-15-12-19-8-6-7-9-21(19)25(23)28/h6-15,22H,5,16-17H2,1-4H3,(H,30,33)/t22-/m0/s1. The molecule has 0 fully saturated rings. The van der Waals surface area contributed by atoms with Crippen molar-refractivity contribution >= 4 is 50.1 Å². The minimum absolute atomic E-state index is 0.191. The first-order chi connectivity index (χ1) is 16.1. The van der Waals surface area contributed by atoms with E-state index in [-0.39, 0.29) is 25.0 Å². The number of amides is 2. The van der Waals surface area contributed by atoms with Gasteiger partial charge in [0.2, 0.25) is 5.91 Å². The molecule has 180 valence electrons. The summed E-state index contributed by atoms with van der Waals surface area (Å²) in [6.45, 7) is 7.74. The Kier molecular flexibility index (Phi) is 8.61. The highest BCUT2D eigenvalue weighted by Gasteiger charge is 2.31. The number of nitrogens with zero attached hydrogens (tertiary/aromatic N) is 1. The van der Waals surface area contributed by atoms with Crippen LogP contribution < -0.4 is 10.1 Å². The summed E-state index contributed by atoms with van der Waals surface area (Å²) >= 11 is 9.63. The number of carbonyl (C=O) groups excluding carboxylic acids is 2. The molecule has 0 aliphatic rings. The van der Waals surface area contributed by atoms with E-state index in [1.165, 1.54) is 0 Å². The maximum absolute atomic E-state index is 13.4. The molecule has 34 heavy (non-hydrogen) atoms. The quantitative estimate of drug-likeness (QED) is 0.358. The molecular formula is C27H30BrClN2O3. The average Bonchev–Trinajstić information content (AvgIpc) is 2.78. The van der Waals surface area contributed by atoms with Gasteiger partial charge < -0.3 is 15.0 Å². The molecule has 3 rings (SSSR count). The summed E-state index contributed by atoms with van der Waals surface area (Å²) in [6, 6.07) is 18.4. The lowest BCUT2D eigenvalue weighted by Gasteiger charge is -2.33. The molecule has 0 saturated carbocycles. The van der Waals surface area contributed by atoms with Crippen LogP contribution >= 0.6 is 27.5 Å². The molecule has 7 heteroatoms. The van der Waals surface area contributed by atoms with Crippen LogP contribution in [0.2, 0.25) is 5.02 Å². The lowest BCUT2D eigenvalue weighted by Crippen LogP contribution is -2.54. The van der Waals surface area contributed by atoms with Gasteiger partial charge in [0, 0.05) is 17.1 Å². The largest absolute Gasteiger partial charge is 0.483 e. The smallest absolute Gasteiger partial charge is 0.261 e. The fraction of sp³-hybridized carbons (Fsp3) is 0.333.